The Bertz CT molecular complexity index is 552. The third-order valence-corrected chi connectivity index (χ3v) is 3.32. The van der Waals surface area contributed by atoms with Gasteiger partial charge in [-0.2, -0.15) is 0 Å². The SMILES string of the molecule is Cc1c(Cl)ccc2cc(C(C)O)c(Cl)nc12. The number of hydrogen-bond donors (Lipinski definition) is 1. The van der Waals surface area contributed by atoms with Crippen molar-refractivity contribution in [3.8, 4) is 0 Å². The van der Waals surface area contributed by atoms with Crippen molar-refractivity contribution in [1.29, 1.82) is 0 Å². The largest absolute Gasteiger partial charge is 0.389 e. The van der Waals surface area contributed by atoms with E-state index >= 15 is 0 Å². The summed E-state index contributed by atoms with van der Waals surface area (Å²) >= 11 is 12.0. The average Bonchev–Trinajstić information content (AvgIpc) is 2.23. The first-order valence-electron chi connectivity index (χ1n) is 4.94. The van der Waals surface area contributed by atoms with Crippen LogP contribution in [0.2, 0.25) is 10.2 Å². The summed E-state index contributed by atoms with van der Waals surface area (Å²) in [5.41, 5.74) is 2.32. The molecule has 1 heterocycles. The van der Waals surface area contributed by atoms with Gasteiger partial charge in [0.15, 0.2) is 0 Å². The number of pyridine rings is 1. The Hall–Kier alpha value is -0.830. The van der Waals surface area contributed by atoms with Crippen molar-refractivity contribution in [2.24, 2.45) is 0 Å². The summed E-state index contributed by atoms with van der Waals surface area (Å²) in [6.45, 7) is 3.56. The summed E-state index contributed by atoms with van der Waals surface area (Å²) in [7, 11) is 0. The number of fused-ring (bicyclic) bond motifs is 1. The standard InChI is InChI=1S/C12H11Cl2NO/c1-6-10(13)4-3-8-5-9(7(2)16)12(14)15-11(6)8/h3-5,7,16H,1-2H3. The maximum atomic E-state index is 9.54. The van der Waals surface area contributed by atoms with Crippen LogP contribution in [0, 0.1) is 6.92 Å². The van der Waals surface area contributed by atoms with E-state index in [1.165, 1.54) is 0 Å². The molecule has 0 aliphatic carbocycles. The van der Waals surface area contributed by atoms with E-state index in [1.807, 2.05) is 25.1 Å². The molecule has 1 N–H and O–H groups in total. The fraction of sp³-hybridized carbons (Fsp3) is 0.250. The van der Waals surface area contributed by atoms with Crippen LogP contribution in [0.3, 0.4) is 0 Å². The highest BCUT2D eigenvalue weighted by Gasteiger charge is 2.11. The van der Waals surface area contributed by atoms with Crippen molar-refractivity contribution in [3.63, 3.8) is 0 Å². The van der Waals surface area contributed by atoms with Gasteiger partial charge in [0.25, 0.3) is 0 Å². The normalized spacial score (nSPS) is 13.1. The Kier molecular flexibility index (Phi) is 3.06. The topological polar surface area (TPSA) is 33.1 Å². The minimum Gasteiger partial charge on any atom is -0.389 e. The molecule has 0 radical (unpaired) electrons. The fourth-order valence-electron chi connectivity index (χ4n) is 1.64. The summed E-state index contributed by atoms with van der Waals surface area (Å²) in [5.74, 6) is 0. The first kappa shape index (κ1) is 11.6. The van der Waals surface area contributed by atoms with Crippen molar-refractivity contribution >= 4 is 34.1 Å². The molecule has 0 spiro atoms. The summed E-state index contributed by atoms with van der Waals surface area (Å²) in [5, 5.41) is 11.5. The lowest BCUT2D eigenvalue weighted by atomic mass is 10.1. The van der Waals surface area contributed by atoms with Gasteiger partial charge in [0.05, 0.1) is 11.6 Å². The van der Waals surface area contributed by atoms with E-state index in [-0.39, 0.29) is 0 Å². The third kappa shape index (κ3) is 1.88. The highest BCUT2D eigenvalue weighted by Crippen LogP contribution is 2.29. The molecule has 0 bridgehead atoms. The van der Waals surface area contributed by atoms with Gasteiger partial charge in [0.1, 0.15) is 5.15 Å². The van der Waals surface area contributed by atoms with Crippen LogP contribution >= 0.6 is 23.2 Å². The van der Waals surface area contributed by atoms with Crippen molar-refractivity contribution in [2.75, 3.05) is 0 Å². The highest BCUT2D eigenvalue weighted by molar-refractivity contribution is 6.32. The van der Waals surface area contributed by atoms with Gasteiger partial charge in [-0.1, -0.05) is 29.3 Å². The molecular formula is C12H11Cl2NO. The molecule has 0 saturated carbocycles. The van der Waals surface area contributed by atoms with Crippen molar-refractivity contribution in [2.45, 2.75) is 20.0 Å². The second-order valence-electron chi connectivity index (χ2n) is 3.79. The number of aliphatic hydroxyl groups is 1. The van der Waals surface area contributed by atoms with Crippen LogP contribution in [0.4, 0.5) is 0 Å². The Morgan fingerprint density at radius 3 is 2.62 bits per heavy atom. The van der Waals surface area contributed by atoms with Crippen molar-refractivity contribution in [1.82, 2.24) is 4.98 Å². The monoisotopic (exact) mass is 255 g/mol. The molecular weight excluding hydrogens is 245 g/mol. The lowest BCUT2D eigenvalue weighted by molar-refractivity contribution is 0.199. The van der Waals surface area contributed by atoms with E-state index in [2.05, 4.69) is 4.98 Å². The predicted molar refractivity (Wildman–Crippen MR) is 67.1 cm³/mol. The summed E-state index contributed by atoms with van der Waals surface area (Å²) in [6, 6.07) is 5.54. The second kappa shape index (κ2) is 4.21. The van der Waals surface area contributed by atoms with Crippen LogP contribution in [0.5, 0.6) is 0 Å². The van der Waals surface area contributed by atoms with Crippen molar-refractivity contribution in [3.05, 3.63) is 39.5 Å². The first-order valence-corrected chi connectivity index (χ1v) is 5.69. The molecule has 1 unspecified atom stereocenters. The maximum absolute atomic E-state index is 9.54. The first-order chi connectivity index (χ1) is 7.50. The number of nitrogens with zero attached hydrogens (tertiary/aromatic N) is 1. The number of aromatic nitrogens is 1. The molecule has 0 aliphatic rings. The molecule has 2 rings (SSSR count). The number of aliphatic hydroxyl groups excluding tert-OH is 1. The van der Waals surface area contributed by atoms with Gasteiger partial charge in [-0.05, 0) is 31.5 Å². The van der Waals surface area contributed by atoms with Crippen LogP contribution in [-0.2, 0) is 0 Å². The average molecular weight is 256 g/mol. The van der Waals surface area contributed by atoms with Gasteiger partial charge >= 0.3 is 0 Å². The molecule has 2 aromatic rings. The zero-order valence-electron chi connectivity index (χ0n) is 8.96. The van der Waals surface area contributed by atoms with E-state index in [0.29, 0.717) is 15.7 Å². The van der Waals surface area contributed by atoms with Crippen LogP contribution in [0.1, 0.15) is 24.2 Å². The zero-order chi connectivity index (χ0) is 11.9. The molecule has 16 heavy (non-hydrogen) atoms. The van der Waals surface area contributed by atoms with Gasteiger partial charge < -0.3 is 5.11 Å². The Balaban J connectivity index is 2.79. The zero-order valence-corrected chi connectivity index (χ0v) is 10.5. The number of halogens is 2. The minimum atomic E-state index is -0.625. The van der Waals surface area contributed by atoms with Gasteiger partial charge in [0.2, 0.25) is 0 Å². The van der Waals surface area contributed by atoms with Crippen LogP contribution in [-0.4, -0.2) is 10.1 Å². The number of rotatable bonds is 1. The minimum absolute atomic E-state index is 0.327. The lowest BCUT2D eigenvalue weighted by Crippen LogP contribution is -1.96. The lowest BCUT2D eigenvalue weighted by Gasteiger charge is -2.10. The van der Waals surface area contributed by atoms with Crippen molar-refractivity contribution < 1.29 is 5.11 Å². The van der Waals surface area contributed by atoms with E-state index < -0.39 is 6.10 Å². The van der Waals surface area contributed by atoms with E-state index in [1.54, 1.807) is 6.92 Å². The number of hydrogen-bond acceptors (Lipinski definition) is 2. The molecule has 1 aromatic heterocycles. The smallest absolute Gasteiger partial charge is 0.135 e. The quantitative estimate of drug-likeness (QED) is 0.785. The number of aryl methyl sites for hydroxylation is 1. The van der Waals surface area contributed by atoms with Gasteiger partial charge in [-0.3, -0.25) is 0 Å². The molecule has 0 aliphatic heterocycles. The Morgan fingerprint density at radius 1 is 1.31 bits per heavy atom. The third-order valence-electron chi connectivity index (χ3n) is 2.61. The molecule has 0 amide bonds. The van der Waals surface area contributed by atoms with Crippen LogP contribution in [0.25, 0.3) is 10.9 Å². The maximum Gasteiger partial charge on any atom is 0.135 e. The van der Waals surface area contributed by atoms with E-state index in [4.69, 9.17) is 23.2 Å². The second-order valence-corrected chi connectivity index (χ2v) is 4.55. The van der Waals surface area contributed by atoms with Gasteiger partial charge in [0, 0.05) is 16.0 Å². The molecule has 1 aromatic carbocycles. The van der Waals surface area contributed by atoms with Crippen LogP contribution in [0.15, 0.2) is 18.2 Å². The summed E-state index contributed by atoms with van der Waals surface area (Å²) < 4.78 is 0. The Morgan fingerprint density at radius 2 is 2.00 bits per heavy atom. The molecule has 1 atom stereocenters. The van der Waals surface area contributed by atoms with Gasteiger partial charge in [-0.25, -0.2) is 4.98 Å². The van der Waals surface area contributed by atoms with Gasteiger partial charge in [-0.15, -0.1) is 0 Å². The van der Waals surface area contributed by atoms with E-state index in [0.717, 1.165) is 16.5 Å². The van der Waals surface area contributed by atoms with Crippen LogP contribution < -0.4 is 0 Å². The predicted octanol–water partition coefficient (Wildman–Crippen LogP) is 3.90. The fourth-order valence-corrected chi connectivity index (χ4v) is 2.09. The summed E-state index contributed by atoms with van der Waals surface area (Å²) in [4.78, 5) is 4.28. The molecule has 0 fully saturated rings. The van der Waals surface area contributed by atoms with E-state index in [9.17, 15) is 5.11 Å². The molecule has 2 nitrogen and oxygen atoms in total. The summed E-state index contributed by atoms with van der Waals surface area (Å²) in [6.07, 6.45) is -0.625. The number of benzene rings is 1. The molecule has 0 saturated heterocycles. The molecule has 84 valence electrons. The molecule has 4 heteroatoms. The highest BCUT2D eigenvalue weighted by atomic mass is 35.5. The Labute approximate surface area is 104 Å².